The van der Waals surface area contributed by atoms with Crippen molar-refractivity contribution in [2.45, 2.75) is 19.3 Å². The number of furan rings is 1. The summed E-state index contributed by atoms with van der Waals surface area (Å²) in [6, 6.07) is 68.8. The van der Waals surface area contributed by atoms with Crippen molar-refractivity contribution >= 4 is 81.3 Å². The van der Waals surface area contributed by atoms with Gasteiger partial charge >= 0.3 is 0 Å². The second-order valence-electron chi connectivity index (χ2n) is 16.1. The Balaban J connectivity index is 1.03. The first-order chi connectivity index (χ1) is 28.5. The molecule has 3 heteroatoms. The Labute approximate surface area is 340 Å². The van der Waals surface area contributed by atoms with Crippen molar-refractivity contribution in [3.05, 3.63) is 199 Å². The first-order valence-corrected chi connectivity index (χ1v) is 20.8. The molecule has 0 atom stereocenters. The summed E-state index contributed by atoms with van der Waals surface area (Å²) in [5.74, 6) is 0. The number of fused-ring (bicyclic) bond motifs is 11. The van der Waals surface area contributed by atoms with Crippen LogP contribution in [-0.4, -0.2) is 0 Å². The zero-order chi connectivity index (χ0) is 38.5. The van der Waals surface area contributed by atoms with Crippen LogP contribution in [0.1, 0.15) is 25.0 Å². The molecular formula is C55H37NOS. The van der Waals surface area contributed by atoms with Crippen molar-refractivity contribution in [1.82, 2.24) is 0 Å². The maximum absolute atomic E-state index is 6.88. The van der Waals surface area contributed by atoms with Gasteiger partial charge in [0.25, 0.3) is 0 Å². The summed E-state index contributed by atoms with van der Waals surface area (Å²) in [5.41, 5.74) is 15.1. The Morgan fingerprint density at radius 2 is 1.12 bits per heavy atom. The third kappa shape index (κ3) is 4.90. The summed E-state index contributed by atoms with van der Waals surface area (Å²) < 4.78 is 9.53. The van der Waals surface area contributed by atoms with Crippen molar-refractivity contribution < 1.29 is 4.42 Å². The number of benzene rings is 9. The first kappa shape index (κ1) is 33.2. The Bertz CT molecular complexity index is 3420. The summed E-state index contributed by atoms with van der Waals surface area (Å²) in [6.45, 7) is 4.70. The molecule has 0 bridgehead atoms. The molecule has 2 heterocycles. The van der Waals surface area contributed by atoms with Crippen molar-refractivity contribution in [3.63, 3.8) is 0 Å². The zero-order valence-electron chi connectivity index (χ0n) is 32.2. The van der Waals surface area contributed by atoms with E-state index < -0.39 is 0 Å². The molecule has 0 fully saturated rings. The molecule has 0 saturated heterocycles. The second-order valence-corrected chi connectivity index (χ2v) is 17.1. The SMILES string of the molecule is CC1(C)c2ccccc2-c2ccc(N(c3ccccc3)c3cccc4oc5c6ccccc6c(-c6ccc(-c7ccc8c(c7)sc7ccccc78)cc6)cc5c34)cc21. The molecular weight excluding hydrogens is 723 g/mol. The van der Waals surface area contributed by atoms with Crippen LogP contribution in [0.25, 0.3) is 86.3 Å². The van der Waals surface area contributed by atoms with Crippen LogP contribution in [0, 0.1) is 0 Å². The van der Waals surface area contributed by atoms with Crippen molar-refractivity contribution in [3.8, 4) is 33.4 Å². The van der Waals surface area contributed by atoms with E-state index in [0.29, 0.717) is 0 Å². The molecule has 11 aromatic rings. The molecule has 0 aliphatic heterocycles. The lowest BCUT2D eigenvalue weighted by Gasteiger charge is -2.28. The Hall–Kier alpha value is -6.94. The highest BCUT2D eigenvalue weighted by atomic mass is 32.1. The number of hydrogen-bond acceptors (Lipinski definition) is 3. The molecule has 0 N–H and O–H groups in total. The lowest BCUT2D eigenvalue weighted by Crippen LogP contribution is -2.16. The van der Waals surface area contributed by atoms with Gasteiger partial charge in [-0.15, -0.1) is 11.3 Å². The fourth-order valence-electron chi connectivity index (χ4n) is 9.64. The fourth-order valence-corrected chi connectivity index (χ4v) is 10.8. The van der Waals surface area contributed by atoms with Gasteiger partial charge in [0.05, 0.1) is 11.1 Å². The molecule has 9 aromatic carbocycles. The van der Waals surface area contributed by atoms with Gasteiger partial charge in [-0.2, -0.15) is 0 Å². The number of thiophene rings is 1. The van der Waals surface area contributed by atoms with E-state index in [9.17, 15) is 0 Å². The van der Waals surface area contributed by atoms with E-state index in [4.69, 9.17) is 4.42 Å². The second kappa shape index (κ2) is 12.5. The Morgan fingerprint density at radius 3 is 1.98 bits per heavy atom. The van der Waals surface area contributed by atoms with Gasteiger partial charge in [0, 0.05) is 47.7 Å². The monoisotopic (exact) mass is 759 g/mol. The van der Waals surface area contributed by atoms with Gasteiger partial charge in [0.15, 0.2) is 0 Å². The lowest BCUT2D eigenvalue weighted by atomic mass is 9.82. The summed E-state index contributed by atoms with van der Waals surface area (Å²) in [7, 11) is 0. The normalized spacial score (nSPS) is 13.1. The van der Waals surface area contributed by atoms with Gasteiger partial charge in [0.2, 0.25) is 0 Å². The lowest BCUT2D eigenvalue weighted by molar-refractivity contribution is 0.660. The fraction of sp³-hybridized carbons (Fsp3) is 0.0545. The number of para-hydroxylation sites is 1. The summed E-state index contributed by atoms with van der Waals surface area (Å²) in [5, 5.41) is 7.15. The van der Waals surface area contributed by atoms with E-state index >= 15 is 0 Å². The van der Waals surface area contributed by atoms with E-state index in [0.717, 1.165) is 44.4 Å². The van der Waals surface area contributed by atoms with Gasteiger partial charge in [0.1, 0.15) is 11.2 Å². The minimum absolute atomic E-state index is 0.118. The molecule has 1 aliphatic rings. The topological polar surface area (TPSA) is 16.4 Å². The highest BCUT2D eigenvalue weighted by Gasteiger charge is 2.36. The molecule has 0 spiro atoms. The van der Waals surface area contributed by atoms with Crippen molar-refractivity contribution in [1.29, 1.82) is 0 Å². The standard InChI is InChI=1S/C55H37NOS/c1-55(2)47-19-10-8-16-40(47)41-30-28-38(32-48(41)55)56(37-13-4-3-5-14-37)49-20-12-21-50-53(49)46-33-45(39-15-6-7-18-44(39)54(46)57-50)35-25-23-34(24-26-35)36-27-29-43-42-17-9-11-22-51(42)58-52(43)31-36/h3-33H,1-2H3. The zero-order valence-corrected chi connectivity index (χ0v) is 33.0. The number of hydrogen-bond donors (Lipinski definition) is 0. The maximum atomic E-state index is 6.88. The summed E-state index contributed by atoms with van der Waals surface area (Å²) >= 11 is 1.86. The third-order valence-corrected chi connectivity index (χ3v) is 13.6. The maximum Gasteiger partial charge on any atom is 0.143 e. The average molecular weight is 760 g/mol. The van der Waals surface area contributed by atoms with Crippen LogP contribution >= 0.6 is 11.3 Å². The smallest absolute Gasteiger partial charge is 0.143 e. The molecule has 2 aromatic heterocycles. The summed E-state index contributed by atoms with van der Waals surface area (Å²) in [6.07, 6.45) is 0. The van der Waals surface area contributed by atoms with Crippen LogP contribution in [0.4, 0.5) is 17.1 Å². The van der Waals surface area contributed by atoms with Crippen LogP contribution < -0.4 is 4.90 Å². The van der Waals surface area contributed by atoms with Crippen LogP contribution in [0.3, 0.4) is 0 Å². The first-order valence-electron chi connectivity index (χ1n) is 20.0. The number of nitrogens with zero attached hydrogens (tertiary/aromatic N) is 1. The van der Waals surface area contributed by atoms with Crippen molar-refractivity contribution in [2.24, 2.45) is 0 Å². The number of rotatable bonds is 5. The van der Waals surface area contributed by atoms with Gasteiger partial charge < -0.3 is 9.32 Å². The largest absolute Gasteiger partial charge is 0.455 e. The van der Waals surface area contributed by atoms with Crippen LogP contribution in [0.5, 0.6) is 0 Å². The predicted octanol–water partition coefficient (Wildman–Crippen LogP) is 16.2. The molecule has 1 aliphatic carbocycles. The molecule has 0 saturated carbocycles. The molecule has 274 valence electrons. The van der Waals surface area contributed by atoms with E-state index in [1.807, 2.05) is 11.3 Å². The van der Waals surface area contributed by atoms with E-state index in [2.05, 4.69) is 207 Å². The molecule has 0 amide bonds. The highest BCUT2D eigenvalue weighted by Crippen LogP contribution is 2.52. The molecule has 12 rings (SSSR count). The third-order valence-electron chi connectivity index (χ3n) is 12.5. The molecule has 58 heavy (non-hydrogen) atoms. The van der Waals surface area contributed by atoms with E-state index in [1.54, 1.807) is 0 Å². The number of anilines is 3. The predicted molar refractivity (Wildman–Crippen MR) is 247 cm³/mol. The Kier molecular flexibility index (Phi) is 7.18. The van der Waals surface area contributed by atoms with Crippen LogP contribution in [0.2, 0.25) is 0 Å². The van der Waals surface area contributed by atoms with Crippen LogP contribution in [-0.2, 0) is 5.41 Å². The minimum Gasteiger partial charge on any atom is -0.455 e. The van der Waals surface area contributed by atoms with Gasteiger partial charge in [-0.05, 0) is 104 Å². The van der Waals surface area contributed by atoms with Gasteiger partial charge in [-0.3, -0.25) is 0 Å². The van der Waals surface area contributed by atoms with Gasteiger partial charge in [-0.25, -0.2) is 0 Å². The van der Waals surface area contributed by atoms with E-state index in [-0.39, 0.29) is 5.41 Å². The average Bonchev–Trinajstić information content (AvgIpc) is 3.92. The van der Waals surface area contributed by atoms with E-state index in [1.165, 1.54) is 70.1 Å². The molecule has 2 nitrogen and oxygen atoms in total. The van der Waals surface area contributed by atoms with Gasteiger partial charge in [-0.1, -0.05) is 147 Å². The Morgan fingerprint density at radius 1 is 0.431 bits per heavy atom. The summed E-state index contributed by atoms with van der Waals surface area (Å²) in [4.78, 5) is 2.41. The quantitative estimate of drug-likeness (QED) is 0.174. The van der Waals surface area contributed by atoms with Crippen LogP contribution in [0.15, 0.2) is 192 Å². The minimum atomic E-state index is -0.118. The van der Waals surface area contributed by atoms with Crippen molar-refractivity contribution in [2.75, 3.05) is 4.90 Å². The molecule has 0 radical (unpaired) electrons. The molecule has 0 unspecified atom stereocenters. The highest BCUT2D eigenvalue weighted by molar-refractivity contribution is 7.25.